The van der Waals surface area contributed by atoms with Gasteiger partial charge in [0.25, 0.3) is 5.56 Å². The minimum absolute atomic E-state index is 0.0926. The van der Waals surface area contributed by atoms with Gasteiger partial charge >= 0.3 is 0 Å². The van der Waals surface area contributed by atoms with Crippen molar-refractivity contribution in [2.24, 2.45) is 0 Å². The average molecular weight is 433 g/mol. The van der Waals surface area contributed by atoms with E-state index in [1.54, 1.807) is 12.1 Å². The Balaban J connectivity index is 1.41. The molecular weight excluding hydrogens is 412 g/mol. The van der Waals surface area contributed by atoms with Gasteiger partial charge in [-0.3, -0.25) is 9.69 Å². The summed E-state index contributed by atoms with van der Waals surface area (Å²) in [4.78, 5) is 22.8. The number of halogens is 1. The number of H-pyrrole nitrogens is 1. The zero-order chi connectivity index (χ0) is 21.4. The minimum atomic E-state index is -0.0926. The summed E-state index contributed by atoms with van der Waals surface area (Å²) in [7, 11) is 0. The third-order valence-corrected chi connectivity index (χ3v) is 5.93. The summed E-state index contributed by atoms with van der Waals surface area (Å²) in [5.41, 5.74) is 5.27. The van der Waals surface area contributed by atoms with Gasteiger partial charge in [0.2, 0.25) is 0 Å². The van der Waals surface area contributed by atoms with Crippen molar-refractivity contribution in [2.75, 3.05) is 6.54 Å². The molecule has 0 radical (unpaired) electrons. The normalized spacial score (nSPS) is 13.9. The summed E-state index contributed by atoms with van der Waals surface area (Å²) in [5, 5.41) is 4.92. The first-order valence-electron chi connectivity index (χ1n) is 10.2. The van der Waals surface area contributed by atoms with Crippen molar-refractivity contribution in [1.29, 1.82) is 0 Å². The van der Waals surface area contributed by atoms with Crippen LogP contribution in [0.25, 0.3) is 22.6 Å². The molecule has 1 aliphatic rings. The van der Waals surface area contributed by atoms with Crippen molar-refractivity contribution in [2.45, 2.75) is 26.4 Å². The molecular formula is C24H21ClN4O2. The zero-order valence-electron chi connectivity index (χ0n) is 17.1. The van der Waals surface area contributed by atoms with Crippen molar-refractivity contribution in [3.63, 3.8) is 0 Å². The van der Waals surface area contributed by atoms with E-state index in [2.05, 4.69) is 15.0 Å². The molecule has 0 unspecified atom stereocenters. The molecule has 3 heterocycles. The van der Waals surface area contributed by atoms with Crippen molar-refractivity contribution in [3.05, 3.63) is 92.6 Å². The molecule has 156 valence electrons. The van der Waals surface area contributed by atoms with E-state index in [1.165, 1.54) is 0 Å². The first-order valence-corrected chi connectivity index (χ1v) is 10.6. The van der Waals surface area contributed by atoms with Gasteiger partial charge in [0, 0.05) is 47.8 Å². The highest BCUT2D eigenvalue weighted by atomic mass is 35.5. The van der Waals surface area contributed by atoms with Gasteiger partial charge in [-0.15, -0.1) is 0 Å². The number of fused-ring (bicyclic) bond motifs is 1. The molecule has 0 aliphatic carbocycles. The molecule has 5 rings (SSSR count). The van der Waals surface area contributed by atoms with Crippen molar-refractivity contribution < 1.29 is 4.52 Å². The maximum atomic E-state index is 12.8. The molecule has 0 fully saturated rings. The topological polar surface area (TPSA) is 75.0 Å². The second kappa shape index (κ2) is 8.13. The summed E-state index contributed by atoms with van der Waals surface area (Å²) in [6.07, 6.45) is 0.713. The summed E-state index contributed by atoms with van der Waals surface area (Å²) in [6, 6.07) is 17.3. The Morgan fingerprint density at radius 1 is 1.10 bits per heavy atom. The van der Waals surface area contributed by atoms with Crippen molar-refractivity contribution in [3.8, 4) is 22.6 Å². The van der Waals surface area contributed by atoms with Crippen LogP contribution in [0.1, 0.15) is 22.6 Å². The predicted molar refractivity (Wildman–Crippen MR) is 120 cm³/mol. The van der Waals surface area contributed by atoms with Crippen LogP contribution in [0.4, 0.5) is 0 Å². The largest absolute Gasteiger partial charge is 0.361 e. The smallest absolute Gasteiger partial charge is 0.255 e. The van der Waals surface area contributed by atoms with Crippen LogP contribution in [0.15, 0.2) is 63.9 Å². The Hall–Kier alpha value is -3.22. The molecule has 6 nitrogen and oxygen atoms in total. The SMILES string of the molecule is Cc1onc(-c2ccccc2)c1CN1CCc2nc(-c3ccc(Cl)cc3)[nH]c(=O)c2C1. The quantitative estimate of drug-likeness (QED) is 0.509. The Kier molecular flexibility index (Phi) is 5.18. The summed E-state index contributed by atoms with van der Waals surface area (Å²) in [6.45, 7) is 3.94. The van der Waals surface area contributed by atoms with Gasteiger partial charge < -0.3 is 9.51 Å². The van der Waals surface area contributed by atoms with Crippen molar-refractivity contribution in [1.82, 2.24) is 20.0 Å². The fraction of sp³-hybridized carbons (Fsp3) is 0.208. The maximum Gasteiger partial charge on any atom is 0.255 e. The van der Waals surface area contributed by atoms with Gasteiger partial charge in [-0.25, -0.2) is 4.98 Å². The van der Waals surface area contributed by atoms with Crippen molar-refractivity contribution >= 4 is 11.6 Å². The second-order valence-electron chi connectivity index (χ2n) is 7.74. The highest BCUT2D eigenvalue weighted by Crippen LogP contribution is 2.28. The predicted octanol–water partition coefficient (Wildman–Crippen LogP) is 4.61. The van der Waals surface area contributed by atoms with Crippen LogP contribution < -0.4 is 5.56 Å². The lowest BCUT2D eigenvalue weighted by Gasteiger charge is -2.27. The molecule has 0 bridgehead atoms. The third kappa shape index (κ3) is 3.92. The molecule has 0 saturated heterocycles. The number of rotatable bonds is 4. The number of aryl methyl sites for hydroxylation is 1. The molecule has 4 aromatic rings. The van der Waals surface area contributed by atoms with Gasteiger partial charge in [-0.05, 0) is 31.2 Å². The molecule has 31 heavy (non-hydrogen) atoms. The molecule has 1 N–H and O–H groups in total. The molecule has 2 aromatic heterocycles. The highest BCUT2D eigenvalue weighted by molar-refractivity contribution is 6.30. The molecule has 1 aliphatic heterocycles. The van der Waals surface area contributed by atoms with Crippen LogP contribution in [0.3, 0.4) is 0 Å². The van der Waals surface area contributed by atoms with Gasteiger partial charge in [0.15, 0.2) is 0 Å². The molecule has 0 saturated carbocycles. The zero-order valence-corrected chi connectivity index (χ0v) is 17.8. The van der Waals surface area contributed by atoms with E-state index in [0.717, 1.165) is 45.9 Å². The van der Waals surface area contributed by atoms with Gasteiger partial charge in [-0.2, -0.15) is 0 Å². The van der Waals surface area contributed by atoms with Gasteiger partial charge in [0.05, 0.1) is 11.3 Å². The Labute approximate surface area is 184 Å². The maximum absolute atomic E-state index is 12.8. The van der Waals surface area contributed by atoms with E-state index in [1.807, 2.05) is 49.4 Å². The number of aromatic amines is 1. The first kappa shape index (κ1) is 19.7. The number of nitrogens with one attached hydrogen (secondary N) is 1. The monoisotopic (exact) mass is 432 g/mol. The molecule has 2 aromatic carbocycles. The van der Waals surface area contributed by atoms with Crippen LogP contribution >= 0.6 is 11.6 Å². The average Bonchev–Trinajstić information content (AvgIpc) is 3.15. The van der Waals surface area contributed by atoms with Gasteiger partial charge in [-0.1, -0.05) is 47.1 Å². The summed E-state index contributed by atoms with van der Waals surface area (Å²) in [5.74, 6) is 1.38. The van der Waals surface area contributed by atoms with Crippen LogP contribution in [-0.2, 0) is 19.5 Å². The minimum Gasteiger partial charge on any atom is -0.361 e. The first-order chi connectivity index (χ1) is 15.1. The number of hydrogen-bond donors (Lipinski definition) is 1. The second-order valence-corrected chi connectivity index (χ2v) is 8.18. The third-order valence-electron chi connectivity index (χ3n) is 5.68. The lowest BCUT2D eigenvalue weighted by Crippen LogP contribution is -2.35. The number of benzene rings is 2. The Morgan fingerprint density at radius 3 is 2.65 bits per heavy atom. The highest BCUT2D eigenvalue weighted by Gasteiger charge is 2.24. The molecule has 7 heteroatoms. The lowest BCUT2D eigenvalue weighted by molar-refractivity contribution is 0.240. The lowest BCUT2D eigenvalue weighted by atomic mass is 10.0. The molecule has 0 amide bonds. The summed E-state index contributed by atoms with van der Waals surface area (Å²) < 4.78 is 5.49. The van der Waals surface area contributed by atoms with Crippen LogP contribution in [0.5, 0.6) is 0 Å². The van der Waals surface area contributed by atoms with E-state index in [0.29, 0.717) is 30.4 Å². The summed E-state index contributed by atoms with van der Waals surface area (Å²) >= 11 is 5.97. The standard InChI is InChI=1S/C24H21ClN4O2/c1-15-19(22(28-31-15)16-5-3-2-4-6-16)13-29-12-11-21-20(14-29)24(30)27-23(26-21)17-7-9-18(25)10-8-17/h2-10H,11-14H2,1H3,(H,26,27,30). The van der Waals surface area contributed by atoms with Crippen LogP contribution in [-0.4, -0.2) is 26.6 Å². The van der Waals surface area contributed by atoms with E-state index >= 15 is 0 Å². The fourth-order valence-corrected chi connectivity index (χ4v) is 4.11. The fourth-order valence-electron chi connectivity index (χ4n) is 3.98. The van der Waals surface area contributed by atoms with Crippen LogP contribution in [0.2, 0.25) is 5.02 Å². The Morgan fingerprint density at radius 2 is 1.87 bits per heavy atom. The van der Waals surface area contributed by atoms with E-state index in [-0.39, 0.29) is 5.56 Å². The van der Waals surface area contributed by atoms with Gasteiger partial charge in [0.1, 0.15) is 17.3 Å². The number of hydrogen-bond acceptors (Lipinski definition) is 5. The molecule has 0 spiro atoms. The van der Waals surface area contributed by atoms with E-state index in [4.69, 9.17) is 21.1 Å². The van der Waals surface area contributed by atoms with E-state index in [9.17, 15) is 4.79 Å². The number of aromatic nitrogens is 3. The number of nitrogens with zero attached hydrogens (tertiary/aromatic N) is 3. The Bertz CT molecular complexity index is 1280. The van der Waals surface area contributed by atoms with Crippen LogP contribution in [0, 0.1) is 6.92 Å². The van der Waals surface area contributed by atoms with E-state index < -0.39 is 0 Å². The molecule has 0 atom stereocenters.